The molecule has 1 unspecified atom stereocenters. The summed E-state index contributed by atoms with van der Waals surface area (Å²) < 4.78 is 2.30. The minimum Gasteiger partial charge on any atom is -0.299 e. The van der Waals surface area contributed by atoms with Crippen molar-refractivity contribution in [2.45, 2.75) is 54.4 Å². The van der Waals surface area contributed by atoms with Crippen LogP contribution in [0.25, 0.3) is 0 Å². The number of rotatable bonds is 0. The summed E-state index contributed by atoms with van der Waals surface area (Å²) in [6, 6.07) is 0. The highest BCUT2D eigenvalue weighted by Gasteiger charge is 2.39. The third-order valence-electron chi connectivity index (χ3n) is 3.58. The van der Waals surface area contributed by atoms with Crippen LogP contribution in [-0.2, 0) is 4.79 Å². The van der Waals surface area contributed by atoms with Gasteiger partial charge in [-0.2, -0.15) is 0 Å². The van der Waals surface area contributed by atoms with Crippen molar-refractivity contribution in [2.24, 2.45) is 16.2 Å². The first-order valence-electron chi connectivity index (χ1n) is 6.47. The maximum atomic E-state index is 12.4. The Kier molecular flexibility index (Phi) is 4.11. The van der Waals surface area contributed by atoms with Crippen LogP contribution in [-0.4, -0.2) is 23.5 Å². The molecule has 1 fully saturated rings. The van der Waals surface area contributed by atoms with Crippen molar-refractivity contribution >= 4 is 15.2 Å². The third-order valence-corrected chi connectivity index (χ3v) is 3.94. The van der Waals surface area contributed by atoms with E-state index >= 15 is 0 Å². The third kappa shape index (κ3) is 4.34. The monoisotopic (exact) mass is 257 g/mol. The highest BCUT2D eigenvalue weighted by Crippen LogP contribution is 2.41. The first-order valence-corrected chi connectivity index (χ1v) is 6.98. The fourth-order valence-electron chi connectivity index (χ4n) is 3.24. The van der Waals surface area contributed by atoms with E-state index in [4.69, 9.17) is 0 Å². The first kappa shape index (κ1) is 15.1. The minimum absolute atomic E-state index is 0.0660. The summed E-state index contributed by atoms with van der Waals surface area (Å²) in [5, 5.41) is 0. The quantitative estimate of drug-likeness (QED) is 0.619. The Balaban J connectivity index is 3.03. The molecule has 0 radical (unpaired) electrons. The molecule has 0 aliphatic carbocycles. The second-order valence-corrected chi connectivity index (χ2v) is 8.62. The smallest absolute Gasteiger partial charge is 0.139 e. The number of hydrogen-bond acceptors (Lipinski definition) is 2. The van der Waals surface area contributed by atoms with Crippen molar-refractivity contribution in [3.63, 3.8) is 0 Å². The lowest BCUT2D eigenvalue weighted by atomic mass is 9.70. The van der Waals surface area contributed by atoms with E-state index in [0.717, 1.165) is 19.5 Å². The Bertz CT molecular complexity index is 307. The molecule has 0 N–H and O–H groups in total. The zero-order valence-electron chi connectivity index (χ0n) is 12.3. The van der Waals surface area contributed by atoms with E-state index in [1.807, 2.05) is 0 Å². The molecule has 1 saturated heterocycles. The zero-order chi connectivity index (χ0) is 13.5. The molecule has 1 heterocycles. The summed E-state index contributed by atoms with van der Waals surface area (Å²) in [6.07, 6.45) is 1.64. The number of hydrogen-bond donors (Lipinski definition) is 0. The molecular weight excluding hydrogens is 229 g/mol. The van der Waals surface area contributed by atoms with Crippen LogP contribution in [0.5, 0.6) is 0 Å². The van der Waals surface area contributed by atoms with E-state index in [9.17, 15) is 4.79 Å². The molecule has 1 aliphatic heterocycles. The van der Waals surface area contributed by atoms with Gasteiger partial charge in [0.15, 0.2) is 0 Å². The van der Waals surface area contributed by atoms with Gasteiger partial charge in [-0.1, -0.05) is 50.9 Å². The molecule has 0 bridgehead atoms. The summed E-state index contributed by atoms with van der Waals surface area (Å²) in [4.78, 5) is 12.4. The number of ketones is 1. The van der Waals surface area contributed by atoms with Gasteiger partial charge in [0.2, 0.25) is 0 Å². The molecule has 1 atom stereocenters. The van der Waals surface area contributed by atoms with Crippen molar-refractivity contribution in [1.29, 1.82) is 0 Å². The second kappa shape index (κ2) is 4.63. The Labute approximate surface area is 109 Å². The number of nitrogens with zero attached hydrogens (tertiary/aromatic N) is 1. The van der Waals surface area contributed by atoms with Gasteiger partial charge in [-0.15, -0.1) is 0 Å². The average molecular weight is 257 g/mol. The molecule has 1 rings (SSSR count). The van der Waals surface area contributed by atoms with Crippen molar-refractivity contribution in [3.05, 3.63) is 0 Å². The van der Waals surface area contributed by atoms with E-state index in [1.54, 1.807) is 0 Å². The van der Waals surface area contributed by atoms with Gasteiger partial charge in [0.1, 0.15) is 5.78 Å². The summed E-state index contributed by atoms with van der Waals surface area (Å²) in [5.41, 5.74) is 0.0501. The van der Waals surface area contributed by atoms with Crippen LogP contribution in [0.4, 0.5) is 0 Å². The lowest BCUT2D eigenvalue weighted by Gasteiger charge is -2.35. The topological polar surface area (TPSA) is 20.3 Å². The standard InChI is InChI=1S/C14H28NOP/c1-12(2)7-11(16)14(5,6)8-13(3,4)10-15(17)9-12/h7-10,17H2,1-6H3. The predicted octanol–water partition coefficient (Wildman–Crippen LogP) is 3.52. The summed E-state index contributed by atoms with van der Waals surface area (Å²) >= 11 is 0. The maximum absolute atomic E-state index is 12.4. The number of carbonyl (C=O) groups is 1. The van der Waals surface area contributed by atoms with E-state index in [2.05, 4.69) is 55.6 Å². The molecule has 2 nitrogen and oxygen atoms in total. The number of carbonyl (C=O) groups excluding carboxylic acids is 1. The summed E-state index contributed by atoms with van der Waals surface area (Å²) in [5.74, 6) is 0.413. The van der Waals surface area contributed by atoms with Crippen LogP contribution in [0.1, 0.15) is 54.4 Å². The van der Waals surface area contributed by atoms with E-state index in [0.29, 0.717) is 12.2 Å². The molecule has 100 valence electrons. The van der Waals surface area contributed by atoms with Gasteiger partial charge in [-0.3, -0.25) is 9.46 Å². The van der Waals surface area contributed by atoms with Crippen LogP contribution >= 0.6 is 9.39 Å². The van der Waals surface area contributed by atoms with Crippen LogP contribution in [0, 0.1) is 16.2 Å². The van der Waals surface area contributed by atoms with Crippen LogP contribution in [0.2, 0.25) is 0 Å². The van der Waals surface area contributed by atoms with Gasteiger partial charge >= 0.3 is 0 Å². The normalized spacial score (nSPS) is 29.2. The Morgan fingerprint density at radius 3 is 2.00 bits per heavy atom. The van der Waals surface area contributed by atoms with Crippen LogP contribution < -0.4 is 0 Å². The molecule has 17 heavy (non-hydrogen) atoms. The van der Waals surface area contributed by atoms with Gasteiger partial charge in [-0.05, 0) is 17.3 Å². The minimum atomic E-state index is -0.198. The van der Waals surface area contributed by atoms with Crippen molar-refractivity contribution < 1.29 is 4.79 Å². The highest BCUT2D eigenvalue weighted by atomic mass is 31.0. The molecule has 0 saturated carbocycles. The van der Waals surface area contributed by atoms with Gasteiger partial charge in [-0.25, -0.2) is 0 Å². The summed E-state index contributed by atoms with van der Waals surface area (Å²) in [6.45, 7) is 15.1. The molecule has 0 spiro atoms. The average Bonchev–Trinajstić information content (AvgIpc) is 1.96. The molecule has 3 heteroatoms. The van der Waals surface area contributed by atoms with Gasteiger partial charge in [0, 0.05) is 24.9 Å². The molecule has 0 aromatic rings. The van der Waals surface area contributed by atoms with Gasteiger partial charge in [0.25, 0.3) is 0 Å². The van der Waals surface area contributed by atoms with Crippen LogP contribution in [0.3, 0.4) is 0 Å². The predicted molar refractivity (Wildman–Crippen MR) is 76.9 cm³/mol. The van der Waals surface area contributed by atoms with Crippen molar-refractivity contribution in [1.82, 2.24) is 4.67 Å². The molecule has 0 aromatic carbocycles. The van der Waals surface area contributed by atoms with E-state index in [1.165, 1.54) is 0 Å². The molecule has 0 amide bonds. The van der Waals surface area contributed by atoms with E-state index < -0.39 is 0 Å². The number of Topliss-reactive ketones (excluding diaryl/α,β-unsaturated/α-hetero) is 1. The fraction of sp³-hybridized carbons (Fsp3) is 0.929. The Hall–Kier alpha value is 0.0600. The van der Waals surface area contributed by atoms with Gasteiger partial charge < -0.3 is 0 Å². The lowest BCUT2D eigenvalue weighted by Crippen LogP contribution is -2.34. The van der Waals surface area contributed by atoms with Crippen molar-refractivity contribution in [2.75, 3.05) is 13.1 Å². The highest BCUT2D eigenvalue weighted by molar-refractivity contribution is 7.13. The zero-order valence-corrected chi connectivity index (χ0v) is 13.4. The molecular formula is C14H28NOP. The Morgan fingerprint density at radius 1 is 1.00 bits per heavy atom. The largest absolute Gasteiger partial charge is 0.299 e. The van der Waals surface area contributed by atoms with Crippen molar-refractivity contribution in [3.8, 4) is 0 Å². The Morgan fingerprint density at radius 2 is 1.47 bits per heavy atom. The van der Waals surface area contributed by atoms with Gasteiger partial charge in [0.05, 0.1) is 0 Å². The van der Waals surface area contributed by atoms with Crippen LogP contribution in [0.15, 0.2) is 0 Å². The molecule has 1 aliphatic rings. The van der Waals surface area contributed by atoms with E-state index in [-0.39, 0.29) is 16.2 Å². The second-order valence-electron chi connectivity index (χ2n) is 7.89. The fourth-order valence-corrected chi connectivity index (χ4v) is 4.22. The summed E-state index contributed by atoms with van der Waals surface area (Å²) in [7, 11) is 2.82. The first-order chi connectivity index (χ1) is 7.44. The maximum Gasteiger partial charge on any atom is 0.139 e. The lowest BCUT2D eigenvalue weighted by molar-refractivity contribution is -0.130. The molecule has 0 aromatic heterocycles. The SMILES string of the molecule is CC1(C)CC(=O)C(C)(C)CC(C)(C)CN(P)C1.